The Morgan fingerprint density at radius 1 is 0.880 bits per heavy atom. The van der Waals surface area contributed by atoms with E-state index in [-0.39, 0.29) is 19.1 Å². The van der Waals surface area contributed by atoms with Crippen LogP contribution in [0.3, 0.4) is 0 Å². The minimum atomic E-state index is -0.546. The van der Waals surface area contributed by atoms with Gasteiger partial charge in [0.1, 0.15) is 5.75 Å². The first kappa shape index (κ1) is 17.0. The van der Waals surface area contributed by atoms with E-state index in [0.29, 0.717) is 5.75 Å². The van der Waals surface area contributed by atoms with Crippen molar-refractivity contribution in [1.29, 1.82) is 0 Å². The first-order chi connectivity index (χ1) is 12.2. The molecule has 25 heavy (non-hydrogen) atoms. The third-order valence-corrected chi connectivity index (χ3v) is 4.13. The van der Waals surface area contributed by atoms with E-state index >= 15 is 0 Å². The van der Waals surface area contributed by atoms with Crippen LogP contribution in [0.5, 0.6) is 5.75 Å². The van der Waals surface area contributed by atoms with E-state index in [4.69, 9.17) is 9.47 Å². The number of carbonyl (C=O) groups is 2. The molecule has 0 bridgehead atoms. The molecule has 0 spiro atoms. The highest BCUT2D eigenvalue weighted by Gasteiger charge is 2.19. The van der Waals surface area contributed by atoms with Crippen molar-refractivity contribution < 1.29 is 19.1 Å². The van der Waals surface area contributed by atoms with Crippen molar-refractivity contribution >= 4 is 11.9 Å². The van der Waals surface area contributed by atoms with Gasteiger partial charge in [0.05, 0.1) is 0 Å². The lowest BCUT2D eigenvalue weighted by Gasteiger charge is -2.15. The van der Waals surface area contributed by atoms with E-state index in [0.717, 1.165) is 37.1 Å². The number of ether oxygens (including phenoxy) is 2. The zero-order valence-corrected chi connectivity index (χ0v) is 14.0. The van der Waals surface area contributed by atoms with Gasteiger partial charge < -0.3 is 14.4 Å². The van der Waals surface area contributed by atoms with E-state index in [2.05, 4.69) is 0 Å². The maximum atomic E-state index is 11.9. The summed E-state index contributed by atoms with van der Waals surface area (Å²) in [5.41, 5.74) is 1.92. The van der Waals surface area contributed by atoms with Gasteiger partial charge in [0.25, 0.3) is 5.91 Å². The Morgan fingerprint density at radius 3 is 2.32 bits per heavy atom. The minimum absolute atomic E-state index is 0.143. The molecule has 0 unspecified atom stereocenters. The molecule has 0 radical (unpaired) electrons. The summed E-state index contributed by atoms with van der Waals surface area (Å²) in [5, 5.41) is 0. The van der Waals surface area contributed by atoms with Gasteiger partial charge in [0.15, 0.2) is 13.2 Å². The molecule has 5 heteroatoms. The summed E-state index contributed by atoms with van der Waals surface area (Å²) < 4.78 is 10.6. The van der Waals surface area contributed by atoms with Gasteiger partial charge in [-0.3, -0.25) is 4.79 Å². The summed E-state index contributed by atoms with van der Waals surface area (Å²) >= 11 is 0. The zero-order chi connectivity index (χ0) is 17.5. The molecule has 1 amide bonds. The molecule has 1 aliphatic heterocycles. The van der Waals surface area contributed by atoms with Crippen molar-refractivity contribution in [1.82, 2.24) is 4.90 Å². The molecule has 5 nitrogen and oxygen atoms in total. The molecule has 2 aromatic carbocycles. The monoisotopic (exact) mass is 339 g/mol. The number of rotatable bonds is 6. The van der Waals surface area contributed by atoms with E-state index in [1.165, 1.54) is 0 Å². The molecule has 0 atom stereocenters. The summed E-state index contributed by atoms with van der Waals surface area (Å²) in [6.07, 6.45) is 2.03. The molecular weight excluding hydrogens is 318 g/mol. The predicted molar refractivity (Wildman–Crippen MR) is 94.1 cm³/mol. The van der Waals surface area contributed by atoms with Crippen LogP contribution in [0.2, 0.25) is 0 Å². The highest BCUT2D eigenvalue weighted by Crippen LogP contribution is 2.29. The third-order valence-electron chi connectivity index (χ3n) is 4.13. The standard InChI is InChI=1S/C20H21NO4/c22-19(21-12-6-7-13-21)14-25-20(23)15-24-18-11-5-4-10-17(18)16-8-2-1-3-9-16/h1-5,8-11H,6-7,12-15H2. The number of hydrogen-bond acceptors (Lipinski definition) is 4. The Morgan fingerprint density at radius 2 is 1.56 bits per heavy atom. The van der Waals surface area contributed by atoms with Crippen LogP contribution >= 0.6 is 0 Å². The molecule has 2 aromatic rings. The smallest absolute Gasteiger partial charge is 0.344 e. The van der Waals surface area contributed by atoms with Crippen molar-refractivity contribution in [3.05, 3.63) is 54.6 Å². The summed E-state index contributed by atoms with van der Waals surface area (Å²) in [5.74, 6) is -0.0810. The molecule has 1 heterocycles. The molecule has 1 saturated heterocycles. The van der Waals surface area contributed by atoms with Gasteiger partial charge in [0, 0.05) is 18.7 Å². The fourth-order valence-electron chi connectivity index (χ4n) is 2.83. The molecule has 130 valence electrons. The van der Waals surface area contributed by atoms with E-state index in [9.17, 15) is 9.59 Å². The maximum Gasteiger partial charge on any atom is 0.344 e. The number of carbonyl (C=O) groups excluding carboxylic acids is 2. The molecular formula is C20H21NO4. The van der Waals surface area contributed by atoms with Gasteiger partial charge in [-0.15, -0.1) is 0 Å². The first-order valence-corrected chi connectivity index (χ1v) is 8.45. The molecule has 3 rings (SSSR count). The highest BCUT2D eigenvalue weighted by atomic mass is 16.6. The Balaban J connectivity index is 1.53. The second-order valence-electron chi connectivity index (χ2n) is 5.90. The summed E-state index contributed by atoms with van der Waals surface area (Å²) in [6, 6.07) is 17.3. The lowest BCUT2D eigenvalue weighted by molar-refractivity contribution is -0.153. The number of hydrogen-bond donors (Lipinski definition) is 0. The largest absolute Gasteiger partial charge is 0.481 e. The average Bonchev–Trinajstić information content (AvgIpc) is 3.20. The summed E-state index contributed by atoms with van der Waals surface area (Å²) in [4.78, 5) is 25.5. The number of esters is 1. The fraction of sp³-hybridized carbons (Fsp3) is 0.300. The predicted octanol–water partition coefficient (Wildman–Crippen LogP) is 2.90. The Labute approximate surface area is 147 Å². The van der Waals surface area contributed by atoms with Crippen molar-refractivity contribution in [3.8, 4) is 16.9 Å². The summed E-state index contributed by atoms with van der Waals surface area (Å²) in [7, 11) is 0. The summed E-state index contributed by atoms with van der Waals surface area (Å²) in [6.45, 7) is 1.05. The average molecular weight is 339 g/mol. The van der Waals surface area contributed by atoms with Crippen LogP contribution in [-0.2, 0) is 14.3 Å². The number of benzene rings is 2. The van der Waals surface area contributed by atoms with Crippen LogP contribution in [-0.4, -0.2) is 43.1 Å². The number of nitrogens with zero attached hydrogens (tertiary/aromatic N) is 1. The fourth-order valence-corrected chi connectivity index (χ4v) is 2.83. The lowest BCUT2D eigenvalue weighted by Crippen LogP contribution is -2.32. The molecule has 0 aliphatic carbocycles. The Hall–Kier alpha value is -2.82. The molecule has 1 fully saturated rings. The van der Waals surface area contributed by atoms with Gasteiger partial charge in [-0.05, 0) is 24.5 Å². The van der Waals surface area contributed by atoms with Gasteiger partial charge in [0.2, 0.25) is 0 Å². The highest BCUT2D eigenvalue weighted by molar-refractivity contribution is 5.81. The second-order valence-corrected chi connectivity index (χ2v) is 5.90. The number of likely N-dealkylation sites (tertiary alicyclic amines) is 1. The Bertz CT molecular complexity index is 723. The van der Waals surface area contributed by atoms with Crippen LogP contribution in [0.4, 0.5) is 0 Å². The molecule has 1 aliphatic rings. The molecule has 0 aromatic heterocycles. The van der Waals surface area contributed by atoms with Gasteiger partial charge in [-0.2, -0.15) is 0 Å². The van der Waals surface area contributed by atoms with E-state index in [1.54, 1.807) is 4.90 Å². The van der Waals surface area contributed by atoms with Gasteiger partial charge in [-0.1, -0.05) is 48.5 Å². The van der Waals surface area contributed by atoms with Crippen LogP contribution in [0.1, 0.15) is 12.8 Å². The lowest BCUT2D eigenvalue weighted by atomic mass is 10.1. The van der Waals surface area contributed by atoms with Crippen molar-refractivity contribution in [3.63, 3.8) is 0 Å². The SMILES string of the molecule is O=C(COc1ccccc1-c1ccccc1)OCC(=O)N1CCCC1. The zero-order valence-electron chi connectivity index (χ0n) is 14.0. The van der Waals surface area contributed by atoms with Crippen LogP contribution < -0.4 is 4.74 Å². The number of para-hydroxylation sites is 1. The second kappa shape index (κ2) is 8.33. The topological polar surface area (TPSA) is 55.8 Å². The van der Waals surface area contributed by atoms with Crippen LogP contribution in [0.15, 0.2) is 54.6 Å². The van der Waals surface area contributed by atoms with Crippen LogP contribution in [0.25, 0.3) is 11.1 Å². The van der Waals surface area contributed by atoms with Crippen LogP contribution in [0, 0.1) is 0 Å². The van der Waals surface area contributed by atoms with Gasteiger partial charge >= 0.3 is 5.97 Å². The minimum Gasteiger partial charge on any atom is -0.481 e. The quantitative estimate of drug-likeness (QED) is 0.760. The normalized spacial score (nSPS) is 13.5. The Kier molecular flexibility index (Phi) is 5.67. The maximum absolute atomic E-state index is 11.9. The van der Waals surface area contributed by atoms with Crippen molar-refractivity contribution in [2.24, 2.45) is 0 Å². The number of amides is 1. The van der Waals surface area contributed by atoms with E-state index in [1.807, 2.05) is 54.6 Å². The van der Waals surface area contributed by atoms with Crippen molar-refractivity contribution in [2.45, 2.75) is 12.8 Å². The third kappa shape index (κ3) is 4.59. The molecule has 0 saturated carbocycles. The van der Waals surface area contributed by atoms with Gasteiger partial charge in [-0.25, -0.2) is 4.79 Å². The van der Waals surface area contributed by atoms with Crippen molar-refractivity contribution in [2.75, 3.05) is 26.3 Å². The first-order valence-electron chi connectivity index (χ1n) is 8.45. The molecule has 0 N–H and O–H groups in total. The van der Waals surface area contributed by atoms with E-state index < -0.39 is 5.97 Å².